The molecule has 5 rings (SSSR count). The number of carbonyl (C=O) groups excluding carboxylic acids is 1. The molecule has 0 atom stereocenters. The third kappa shape index (κ3) is 7.24. The number of aromatic nitrogens is 2. The zero-order valence-corrected chi connectivity index (χ0v) is 23.7. The van der Waals surface area contributed by atoms with Crippen molar-refractivity contribution < 1.29 is 57.3 Å². The molecule has 216 valence electrons. The van der Waals surface area contributed by atoms with Crippen LogP contribution in [0.4, 0.5) is 26.3 Å². The number of ketones is 1. The predicted octanol–water partition coefficient (Wildman–Crippen LogP) is 8.72. The molecule has 0 radical (unpaired) electrons. The topological polar surface area (TPSA) is 55.1 Å². The molecular formula is C30H21F6N2O2Pt-. The van der Waals surface area contributed by atoms with Gasteiger partial charge >= 0.3 is 12.4 Å². The van der Waals surface area contributed by atoms with Crippen LogP contribution in [0.25, 0.3) is 38.8 Å². The van der Waals surface area contributed by atoms with E-state index in [4.69, 9.17) is 5.11 Å². The first-order valence-electron chi connectivity index (χ1n) is 11.8. The Morgan fingerprint density at radius 3 is 1.88 bits per heavy atom. The summed E-state index contributed by atoms with van der Waals surface area (Å²) in [5.41, 5.74) is -1.11. The SMILES string of the molecule is CC(=O)/C=C(/C)O.FC(F)(F)c1[c-]c(-c2cc(-n3c4ccccc4c4ccccc43)ccn2)cc(C(F)(F)F)c1.[Pt]. The Hall–Kier alpha value is -3.91. The molecule has 4 nitrogen and oxygen atoms in total. The zero-order chi connectivity index (χ0) is 29.2. The third-order valence-electron chi connectivity index (χ3n) is 5.77. The number of hydrogen-bond acceptors (Lipinski definition) is 3. The van der Waals surface area contributed by atoms with Gasteiger partial charge in [-0.1, -0.05) is 42.5 Å². The smallest absolute Gasteiger partial charge is 0.399 e. The van der Waals surface area contributed by atoms with Gasteiger partial charge in [-0.3, -0.25) is 4.79 Å². The molecular weight excluding hydrogens is 729 g/mol. The van der Waals surface area contributed by atoms with Gasteiger partial charge in [-0.05, 0) is 48.9 Å². The van der Waals surface area contributed by atoms with Crippen LogP contribution in [0, 0.1) is 6.07 Å². The number of para-hydroxylation sites is 2. The van der Waals surface area contributed by atoms with E-state index in [9.17, 15) is 31.1 Å². The molecule has 0 unspecified atom stereocenters. The Labute approximate surface area is 245 Å². The fourth-order valence-electron chi connectivity index (χ4n) is 4.22. The van der Waals surface area contributed by atoms with E-state index in [2.05, 4.69) is 11.1 Å². The summed E-state index contributed by atoms with van der Waals surface area (Å²) in [4.78, 5) is 14.1. The molecule has 1 N–H and O–H groups in total. The summed E-state index contributed by atoms with van der Waals surface area (Å²) in [6, 6.07) is 21.1. The van der Waals surface area contributed by atoms with Gasteiger partial charge in [0.15, 0.2) is 5.78 Å². The van der Waals surface area contributed by atoms with Gasteiger partial charge in [-0.25, -0.2) is 0 Å². The predicted molar refractivity (Wildman–Crippen MR) is 140 cm³/mol. The summed E-state index contributed by atoms with van der Waals surface area (Å²) in [5.74, 6) is -0.0625. The minimum absolute atomic E-state index is 0. The van der Waals surface area contributed by atoms with Gasteiger partial charge in [0.1, 0.15) is 0 Å². The standard InChI is InChI=1S/C25H13F6N2.C5H8O2.Pt/c26-24(27,28)16-11-15(12-17(13-16)25(29,30)31)21-14-18(9-10-32-21)33-22-7-3-1-5-19(22)20-6-2-4-8-23(20)33;1-4(6)3-5(2)7;/h1-11,13-14H;3,6H,1-2H3;/q-1;;/b;4-3-;. The van der Waals surface area contributed by atoms with Gasteiger partial charge in [0.2, 0.25) is 0 Å². The summed E-state index contributed by atoms with van der Waals surface area (Å²) in [6.45, 7) is 2.85. The van der Waals surface area contributed by atoms with Gasteiger partial charge in [0, 0.05) is 49.8 Å². The number of carbonyl (C=O) groups is 1. The molecule has 0 aliphatic rings. The summed E-state index contributed by atoms with van der Waals surface area (Å²) < 4.78 is 81.6. The molecule has 2 heterocycles. The normalized spacial score (nSPS) is 12.0. The number of fused-ring (bicyclic) bond motifs is 3. The quantitative estimate of drug-likeness (QED) is 0.0870. The minimum Gasteiger partial charge on any atom is -0.512 e. The van der Waals surface area contributed by atoms with Crippen LogP contribution in [-0.4, -0.2) is 20.4 Å². The van der Waals surface area contributed by atoms with E-state index in [1.807, 2.05) is 53.1 Å². The van der Waals surface area contributed by atoms with Crippen molar-refractivity contribution in [3.05, 3.63) is 108 Å². The summed E-state index contributed by atoms with van der Waals surface area (Å²) in [5, 5.41) is 10.3. The third-order valence-corrected chi connectivity index (χ3v) is 5.77. The number of hydrogen-bond donors (Lipinski definition) is 1. The fourth-order valence-corrected chi connectivity index (χ4v) is 4.22. The minimum atomic E-state index is -4.99. The van der Waals surface area contributed by atoms with Gasteiger partial charge < -0.3 is 14.7 Å². The number of benzene rings is 3. The van der Waals surface area contributed by atoms with Crippen LogP contribution in [0.3, 0.4) is 0 Å². The fraction of sp³-hybridized carbons (Fsp3) is 0.133. The number of alkyl halides is 6. The average molecular weight is 751 g/mol. The second kappa shape index (κ2) is 12.3. The molecule has 11 heteroatoms. The molecule has 0 saturated heterocycles. The van der Waals surface area contributed by atoms with Crippen molar-refractivity contribution in [1.82, 2.24) is 9.55 Å². The Morgan fingerprint density at radius 1 is 0.854 bits per heavy atom. The van der Waals surface area contributed by atoms with Crippen LogP contribution >= 0.6 is 0 Å². The van der Waals surface area contributed by atoms with E-state index in [1.54, 1.807) is 6.07 Å². The number of rotatable bonds is 3. The van der Waals surface area contributed by atoms with E-state index in [-0.39, 0.29) is 49.9 Å². The van der Waals surface area contributed by atoms with Crippen LogP contribution in [-0.2, 0) is 38.2 Å². The molecule has 0 bridgehead atoms. The van der Waals surface area contributed by atoms with E-state index in [0.29, 0.717) is 11.8 Å². The van der Waals surface area contributed by atoms with E-state index in [1.165, 1.54) is 32.2 Å². The van der Waals surface area contributed by atoms with Gasteiger partial charge in [0.05, 0.1) is 16.8 Å². The number of allylic oxidation sites excluding steroid dienone is 2. The van der Waals surface area contributed by atoms with Crippen molar-refractivity contribution in [3.8, 4) is 16.9 Å². The van der Waals surface area contributed by atoms with E-state index < -0.39 is 23.5 Å². The van der Waals surface area contributed by atoms with Crippen LogP contribution in [0.2, 0.25) is 0 Å². The summed E-state index contributed by atoms with van der Waals surface area (Å²) >= 11 is 0. The molecule has 0 saturated carbocycles. The summed E-state index contributed by atoms with van der Waals surface area (Å²) in [6.07, 6.45) is -7.41. The molecule has 0 aliphatic heterocycles. The van der Waals surface area contributed by atoms with Crippen molar-refractivity contribution >= 4 is 27.6 Å². The maximum Gasteiger partial charge on any atom is 0.399 e. The Bertz CT molecular complexity index is 1650. The number of halogens is 6. The monoisotopic (exact) mass is 750 g/mol. The Kier molecular flexibility index (Phi) is 9.49. The van der Waals surface area contributed by atoms with Crippen LogP contribution in [0.5, 0.6) is 0 Å². The maximum atomic E-state index is 13.3. The molecule has 3 aromatic carbocycles. The second-order valence-electron chi connectivity index (χ2n) is 8.86. The first kappa shape index (κ1) is 31.6. The van der Waals surface area contributed by atoms with Crippen LogP contribution in [0.1, 0.15) is 25.0 Å². The van der Waals surface area contributed by atoms with Gasteiger partial charge in [-0.15, -0.1) is 23.8 Å². The number of aliphatic hydroxyl groups is 1. The largest absolute Gasteiger partial charge is 0.512 e. The molecule has 0 fully saturated rings. The van der Waals surface area contributed by atoms with Crippen molar-refractivity contribution in [3.63, 3.8) is 0 Å². The number of aliphatic hydroxyl groups excluding tert-OH is 1. The van der Waals surface area contributed by atoms with Gasteiger partial charge in [0.25, 0.3) is 0 Å². The van der Waals surface area contributed by atoms with Crippen molar-refractivity contribution in [1.29, 1.82) is 0 Å². The van der Waals surface area contributed by atoms with Crippen molar-refractivity contribution in [2.45, 2.75) is 26.2 Å². The van der Waals surface area contributed by atoms with Crippen molar-refractivity contribution in [2.75, 3.05) is 0 Å². The number of nitrogens with zero attached hydrogens (tertiary/aromatic N) is 2. The number of pyridine rings is 1. The van der Waals surface area contributed by atoms with Crippen molar-refractivity contribution in [2.24, 2.45) is 0 Å². The zero-order valence-electron chi connectivity index (χ0n) is 21.4. The molecule has 41 heavy (non-hydrogen) atoms. The van der Waals surface area contributed by atoms with Gasteiger partial charge in [-0.2, -0.15) is 26.3 Å². The summed E-state index contributed by atoms with van der Waals surface area (Å²) in [7, 11) is 0. The molecule has 0 aliphatic carbocycles. The molecule has 5 aromatic rings. The van der Waals surface area contributed by atoms with E-state index in [0.717, 1.165) is 21.8 Å². The maximum absolute atomic E-state index is 13.3. The molecule has 0 amide bonds. The Morgan fingerprint density at radius 2 is 1.41 bits per heavy atom. The first-order valence-corrected chi connectivity index (χ1v) is 11.8. The van der Waals surface area contributed by atoms with Crippen LogP contribution < -0.4 is 0 Å². The van der Waals surface area contributed by atoms with Crippen LogP contribution in [0.15, 0.2) is 90.8 Å². The van der Waals surface area contributed by atoms with E-state index >= 15 is 0 Å². The Balaban J connectivity index is 0.000000516. The molecule has 2 aromatic heterocycles. The average Bonchev–Trinajstić information content (AvgIpc) is 3.21. The first-order chi connectivity index (χ1) is 18.8. The molecule has 0 spiro atoms. The second-order valence-corrected chi connectivity index (χ2v) is 8.86.